The van der Waals surface area contributed by atoms with Crippen molar-refractivity contribution in [2.75, 3.05) is 7.05 Å². The highest BCUT2D eigenvalue weighted by atomic mass is 19.4. The normalized spacial score (nSPS) is 11.7. The molecule has 32 heavy (non-hydrogen) atoms. The predicted molar refractivity (Wildman–Crippen MR) is 115 cm³/mol. The number of pyridine rings is 1. The maximum atomic E-state index is 12.6. The molecule has 0 atom stereocenters. The van der Waals surface area contributed by atoms with Crippen LogP contribution in [-0.4, -0.2) is 24.4 Å². The van der Waals surface area contributed by atoms with E-state index in [1.165, 1.54) is 12.1 Å². The summed E-state index contributed by atoms with van der Waals surface area (Å²) in [4.78, 5) is 8.34. The summed E-state index contributed by atoms with van der Waals surface area (Å²) in [6.07, 6.45) is -3.04. The van der Waals surface area contributed by atoms with E-state index in [1.807, 2.05) is 42.5 Å². The van der Waals surface area contributed by atoms with E-state index in [9.17, 15) is 13.2 Å². The average Bonchev–Trinajstić information content (AvgIpc) is 2.79. The summed E-state index contributed by atoms with van der Waals surface area (Å²) >= 11 is 0. The van der Waals surface area contributed by atoms with Gasteiger partial charge < -0.3 is 20.1 Å². The third-order valence-electron chi connectivity index (χ3n) is 4.34. The van der Waals surface area contributed by atoms with Gasteiger partial charge in [-0.1, -0.05) is 36.4 Å². The highest BCUT2D eigenvalue weighted by molar-refractivity contribution is 5.79. The highest BCUT2D eigenvalue weighted by Gasteiger charge is 2.31. The Balaban J connectivity index is 1.53. The number of benzene rings is 2. The standard InChI is InChI=1S/C23H23F3N4O2/c1-27-22(30-15-18-8-2-3-11-21(18)32-23(24,25)26)29-14-17-7-6-10-20(13-17)31-16-19-9-4-5-12-28-19/h2-13H,14-16H2,1H3,(H2,27,29,30). The number of nitrogens with one attached hydrogen (secondary N) is 2. The molecule has 0 aliphatic rings. The number of aromatic nitrogens is 1. The van der Waals surface area contributed by atoms with Gasteiger partial charge in [-0.3, -0.25) is 9.98 Å². The van der Waals surface area contributed by atoms with Crippen molar-refractivity contribution in [3.63, 3.8) is 0 Å². The van der Waals surface area contributed by atoms with Crippen LogP contribution in [0.5, 0.6) is 11.5 Å². The lowest BCUT2D eigenvalue weighted by molar-refractivity contribution is -0.274. The SMILES string of the molecule is CN=C(NCc1cccc(OCc2ccccn2)c1)NCc1ccccc1OC(F)(F)F. The van der Waals surface area contributed by atoms with E-state index < -0.39 is 6.36 Å². The van der Waals surface area contributed by atoms with E-state index >= 15 is 0 Å². The average molecular weight is 444 g/mol. The van der Waals surface area contributed by atoms with Crippen LogP contribution in [0.15, 0.2) is 77.9 Å². The molecule has 0 radical (unpaired) electrons. The summed E-state index contributed by atoms with van der Waals surface area (Å²) in [6, 6.07) is 19.2. The van der Waals surface area contributed by atoms with Crippen LogP contribution in [0.25, 0.3) is 0 Å². The van der Waals surface area contributed by atoms with Crippen LogP contribution in [-0.2, 0) is 19.7 Å². The Morgan fingerprint density at radius 1 is 0.969 bits per heavy atom. The third-order valence-corrected chi connectivity index (χ3v) is 4.34. The Kier molecular flexibility index (Phi) is 7.91. The van der Waals surface area contributed by atoms with Crippen LogP contribution >= 0.6 is 0 Å². The number of aliphatic imine (C=N–C) groups is 1. The molecule has 6 nitrogen and oxygen atoms in total. The first kappa shape index (κ1) is 22.9. The molecular weight excluding hydrogens is 421 g/mol. The van der Waals surface area contributed by atoms with Crippen LogP contribution in [0, 0.1) is 0 Å². The molecule has 0 aliphatic heterocycles. The van der Waals surface area contributed by atoms with Gasteiger partial charge in [-0.25, -0.2) is 0 Å². The molecule has 0 unspecified atom stereocenters. The molecule has 0 fully saturated rings. The Hall–Kier alpha value is -3.75. The maximum Gasteiger partial charge on any atom is 0.573 e. The molecule has 1 heterocycles. The fraction of sp³-hybridized carbons (Fsp3) is 0.217. The molecule has 1 aromatic heterocycles. The lowest BCUT2D eigenvalue weighted by Crippen LogP contribution is -2.36. The molecule has 0 bridgehead atoms. The van der Waals surface area contributed by atoms with E-state index in [4.69, 9.17) is 4.74 Å². The summed E-state index contributed by atoms with van der Waals surface area (Å²) in [7, 11) is 1.58. The van der Waals surface area contributed by atoms with Crippen molar-refractivity contribution in [1.29, 1.82) is 0 Å². The number of hydrogen-bond donors (Lipinski definition) is 2. The molecular formula is C23H23F3N4O2. The van der Waals surface area contributed by atoms with Crippen molar-refractivity contribution in [2.24, 2.45) is 4.99 Å². The van der Waals surface area contributed by atoms with Crippen molar-refractivity contribution < 1.29 is 22.6 Å². The van der Waals surface area contributed by atoms with E-state index in [2.05, 4.69) is 25.3 Å². The molecule has 3 rings (SSSR count). The van der Waals surface area contributed by atoms with E-state index in [0.717, 1.165) is 11.3 Å². The maximum absolute atomic E-state index is 12.6. The Morgan fingerprint density at radius 2 is 1.75 bits per heavy atom. The minimum atomic E-state index is -4.75. The molecule has 0 saturated heterocycles. The number of rotatable bonds is 8. The van der Waals surface area contributed by atoms with Gasteiger partial charge in [-0.05, 0) is 35.9 Å². The van der Waals surface area contributed by atoms with Crippen molar-refractivity contribution in [3.8, 4) is 11.5 Å². The summed E-state index contributed by atoms with van der Waals surface area (Å²) < 4.78 is 47.6. The molecule has 2 aromatic carbocycles. The van der Waals surface area contributed by atoms with Gasteiger partial charge in [0.15, 0.2) is 5.96 Å². The van der Waals surface area contributed by atoms with Gasteiger partial charge in [0.25, 0.3) is 0 Å². The van der Waals surface area contributed by atoms with Crippen LogP contribution in [0.1, 0.15) is 16.8 Å². The van der Waals surface area contributed by atoms with E-state index in [0.29, 0.717) is 30.4 Å². The zero-order valence-corrected chi connectivity index (χ0v) is 17.4. The monoisotopic (exact) mass is 444 g/mol. The molecule has 0 saturated carbocycles. The van der Waals surface area contributed by atoms with Crippen molar-refractivity contribution >= 4 is 5.96 Å². The summed E-state index contributed by atoms with van der Waals surface area (Å²) in [5.74, 6) is 0.892. The molecule has 168 valence electrons. The van der Waals surface area contributed by atoms with Crippen LogP contribution in [0.2, 0.25) is 0 Å². The predicted octanol–water partition coefficient (Wildman–Crippen LogP) is 4.42. The lowest BCUT2D eigenvalue weighted by atomic mass is 10.2. The van der Waals surface area contributed by atoms with Crippen molar-refractivity contribution in [2.45, 2.75) is 26.1 Å². The lowest BCUT2D eigenvalue weighted by Gasteiger charge is -2.16. The largest absolute Gasteiger partial charge is 0.573 e. The van der Waals surface area contributed by atoms with Crippen molar-refractivity contribution in [3.05, 3.63) is 89.7 Å². The van der Waals surface area contributed by atoms with Gasteiger partial charge in [-0.15, -0.1) is 13.2 Å². The number of halogens is 3. The summed E-state index contributed by atoms with van der Waals surface area (Å²) in [5.41, 5.74) is 2.14. The van der Waals surface area contributed by atoms with Gasteiger partial charge in [-0.2, -0.15) is 0 Å². The van der Waals surface area contributed by atoms with Gasteiger partial charge in [0.2, 0.25) is 0 Å². The zero-order chi connectivity index (χ0) is 22.8. The van der Waals surface area contributed by atoms with Gasteiger partial charge in [0.05, 0.1) is 5.69 Å². The third kappa shape index (κ3) is 7.50. The number of ether oxygens (including phenoxy) is 2. The minimum Gasteiger partial charge on any atom is -0.487 e. The number of hydrogen-bond acceptors (Lipinski definition) is 4. The molecule has 0 spiro atoms. The number of nitrogens with zero attached hydrogens (tertiary/aromatic N) is 2. The van der Waals surface area contributed by atoms with E-state index in [-0.39, 0.29) is 12.3 Å². The first-order chi connectivity index (χ1) is 15.4. The van der Waals surface area contributed by atoms with Crippen LogP contribution in [0.3, 0.4) is 0 Å². The molecule has 0 aliphatic carbocycles. The fourth-order valence-electron chi connectivity index (χ4n) is 2.85. The van der Waals surface area contributed by atoms with Gasteiger partial charge >= 0.3 is 6.36 Å². The first-order valence-corrected chi connectivity index (χ1v) is 9.83. The summed E-state index contributed by atoms with van der Waals surface area (Å²) in [6.45, 7) is 0.917. The topological polar surface area (TPSA) is 67.8 Å². The smallest absolute Gasteiger partial charge is 0.487 e. The quantitative estimate of drug-likeness (QED) is 0.398. The number of guanidine groups is 1. The molecule has 0 amide bonds. The second-order valence-corrected chi connectivity index (χ2v) is 6.69. The first-order valence-electron chi connectivity index (χ1n) is 9.83. The Morgan fingerprint density at radius 3 is 2.50 bits per heavy atom. The Labute approximate surface area is 184 Å². The zero-order valence-electron chi connectivity index (χ0n) is 17.4. The van der Waals surface area contributed by atoms with Crippen LogP contribution in [0.4, 0.5) is 13.2 Å². The molecule has 2 N–H and O–H groups in total. The van der Waals surface area contributed by atoms with Gasteiger partial charge in [0.1, 0.15) is 18.1 Å². The molecule has 9 heteroatoms. The Bertz CT molecular complexity index is 1030. The number of alkyl halides is 3. The number of para-hydroxylation sites is 1. The second-order valence-electron chi connectivity index (χ2n) is 6.69. The van der Waals surface area contributed by atoms with Crippen molar-refractivity contribution in [1.82, 2.24) is 15.6 Å². The fourth-order valence-corrected chi connectivity index (χ4v) is 2.85. The van der Waals surface area contributed by atoms with E-state index in [1.54, 1.807) is 25.4 Å². The second kappa shape index (κ2) is 11.0. The van der Waals surface area contributed by atoms with Gasteiger partial charge in [0, 0.05) is 31.9 Å². The summed E-state index contributed by atoms with van der Waals surface area (Å²) in [5, 5.41) is 6.13. The highest BCUT2D eigenvalue weighted by Crippen LogP contribution is 2.26. The minimum absolute atomic E-state index is 0.110. The van der Waals surface area contributed by atoms with Crippen LogP contribution < -0.4 is 20.1 Å². The molecule has 3 aromatic rings.